The number of carbonyl (C=O) groups is 1. The summed E-state index contributed by atoms with van der Waals surface area (Å²) in [6, 6.07) is 22.8. The monoisotopic (exact) mass is 407 g/mol. The largest absolute Gasteiger partial charge is 0.455 e. The first-order valence-corrected chi connectivity index (χ1v) is 10.3. The third kappa shape index (κ3) is 4.12. The van der Waals surface area contributed by atoms with Crippen molar-refractivity contribution in [2.45, 2.75) is 4.90 Å². The van der Waals surface area contributed by atoms with Crippen molar-refractivity contribution < 1.29 is 17.9 Å². The number of carbonyl (C=O) groups excluding carboxylic acids is 1. The Kier molecular flexibility index (Phi) is 5.01. The average molecular weight is 407 g/mol. The summed E-state index contributed by atoms with van der Waals surface area (Å²) < 4.78 is 32.4. The summed E-state index contributed by atoms with van der Waals surface area (Å²) in [6.45, 7) is -0.244. The molecule has 1 amide bonds. The van der Waals surface area contributed by atoms with Crippen LogP contribution in [0.1, 0.15) is 5.56 Å². The molecule has 8 heteroatoms. The highest BCUT2D eigenvalue weighted by molar-refractivity contribution is 7.90. The fourth-order valence-electron chi connectivity index (χ4n) is 2.87. The molecule has 1 aliphatic heterocycles. The highest BCUT2D eigenvalue weighted by atomic mass is 32.2. The molecule has 2 N–H and O–H groups in total. The molecular weight excluding hydrogens is 390 g/mol. The zero-order valence-electron chi connectivity index (χ0n) is 15.2. The molecule has 0 unspecified atom stereocenters. The van der Waals surface area contributed by atoms with Crippen LogP contribution in [0.5, 0.6) is 11.5 Å². The molecule has 1 heterocycles. The van der Waals surface area contributed by atoms with Crippen molar-refractivity contribution in [1.82, 2.24) is 4.72 Å². The van der Waals surface area contributed by atoms with Crippen molar-refractivity contribution in [3.05, 3.63) is 84.4 Å². The number of amides is 1. The number of aliphatic imine (C=N–C) groups is 1. The van der Waals surface area contributed by atoms with E-state index in [1.54, 1.807) is 42.5 Å². The van der Waals surface area contributed by atoms with E-state index in [1.807, 2.05) is 30.3 Å². The Bertz CT molecular complexity index is 1190. The number of rotatable bonds is 5. The van der Waals surface area contributed by atoms with Gasteiger partial charge in [-0.3, -0.25) is 14.5 Å². The van der Waals surface area contributed by atoms with E-state index < -0.39 is 15.9 Å². The number of hydrogen-bond acceptors (Lipinski definition) is 5. The van der Waals surface area contributed by atoms with Crippen LogP contribution in [0.2, 0.25) is 0 Å². The van der Waals surface area contributed by atoms with Gasteiger partial charge < -0.3 is 10.1 Å². The molecule has 0 saturated heterocycles. The highest BCUT2D eigenvalue weighted by Crippen LogP contribution is 2.29. The number of nitrogens with one attached hydrogen (secondary N) is 2. The van der Waals surface area contributed by atoms with Crippen molar-refractivity contribution in [3.8, 4) is 11.5 Å². The zero-order valence-corrected chi connectivity index (χ0v) is 16.0. The molecule has 0 radical (unpaired) electrons. The first-order chi connectivity index (χ1) is 14.0. The zero-order chi connectivity index (χ0) is 20.3. The van der Waals surface area contributed by atoms with Crippen LogP contribution in [0.3, 0.4) is 0 Å². The quantitative estimate of drug-likeness (QED) is 0.679. The summed E-state index contributed by atoms with van der Waals surface area (Å²) in [5.74, 6) is 0.896. The Morgan fingerprint density at radius 2 is 1.62 bits per heavy atom. The van der Waals surface area contributed by atoms with Gasteiger partial charge >= 0.3 is 0 Å². The lowest BCUT2D eigenvalue weighted by atomic mass is 10.2. The third-order valence-corrected chi connectivity index (χ3v) is 5.57. The maximum Gasteiger partial charge on any atom is 0.263 e. The van der Waals surface area contributed by atoms with Gasteiger partial charge in [0.1, 0.15) is 18.1 Å². The molecule has 4 rings (SSSR count). The first kappa shape index (κ1) is 18.7. The Morgan fingerprint density at radius 3 is 2.45 bits per heavy atom. The lowest BCUT2D eigenvalue weighted by Gasteiger charge is -2.11. The van der Waals surface area contributed by atoms with Crippen LogP contribution in [0, 0.1) is 0 Å². The second-order valence-electron chi connectivity index (χ2n) is 6.23. The van der Waals surface area contributed by atoms with Gasteiger partial charge in [0.25, 0.3) is 10.0 Å². The van der Waals surface area contributed by atoms with Gasteiger partial charge in [0.15, 0.2) is 5.75 Å². The van der Waals surface area contributed by atoms with Crippen LogP contribution in [-0.4, -0.2) is 26.7 Å². The first-order valence-electron chi connectivity index (χ1n) is 8.81. The minimum Gasteiger partial charge on any atom is -0.455 e. The van der Waals surface area contributed by atoms with Gasteiger partial charge in [0.2, 0.25) is 5.91 Å². The molecule has 29 heavy (non-hydrogen) atoms. The van der Waals surface area contributed by atoms with Gasteiger partial charge in [-0.25, -0.2) is 8.42 Å². The predicted octanol–water partition coefficient (Wildman–Crippen LogP) is 3.16. The predicted molar refractivity (Wildman–Crippen MR) is 110 cm³/mol. The van der Waals surface area contributed by atoms with Gasteiger partial charge in [-0.05, 0) is 36.4 Å². The molecule has 0 bridgehead atoms. The van der Waals surface area contributed by atoms with Crippen molar-refractivity contribution in [2.75, 3.05) is 11.9 Å². The van der Waals surface area contributed by atoms with E-state index in [0.29, 0.717) is 22.7 Å². The summed E-state index contributed by atoms with van der Waals surface area (Å²) >= 11 is 0. The normalized spacial score (nSPS) is 15.4. The third-order valence-electron chi connectivity index (χ3n) is 4.18. The molecule has 1 aliphatic rings. The molecule has 7 nitrogen and oxygen atoms in total. The molecule has 0 spiro atoms. The number of benzene rings is 3. The molecule has 0 aromatic heterocycles. The van der Waals surface area contributed by atoms with E-state index in [2.05, 4.69) is 15.0 Å². The second kappa shape index (κ2) is 7.76. The number of anilines is 1. The number of amidine groups is 1. The lowest BCUT2D eigenvalue weighted by Crippen LogP contribution is -2.24. The minimum absolute atomic E-state index is 0.153. The standard InChI is InChI=1S/C21H17N3O4S/c25-20(14-22-21-16-10-4-7-13-19(16)29(26,27)24-21)23-17-11-5-6-12-18(17)28-15-8-2-1-3-9-15/h1-13H,14H2,(H,22,24)(H,23,25). The fourth-order valence-corrected chi connectivity index (χ4v) is 4.12. The molecule has 0 saturated carbocycles. The Labute approximate surface area is 168 Å². The van der Waals surface area contributed by atoms with Crippen LogP contribution >= 0.6 is 0 Å². The number of hydrogen-bond donors (Lipinski definition) is 2. The number of nitrogens with zero attached hydrogens (tertiary/aromatic N) is 1. The number of sulfonamides is 1. The van der Waals surface area contributed by atoms with E-state index in [1.165, 1.54) is 6.07 Å². The number of fused-ring (bicyclic) bond motifs is 1. The topological polar surface area (TPSA) is 96.9 Å². The van der Waals surface area contributed by atoms with Gasteiger partial charge in [0, 0.05) is 5.56 Å². The number of para-hydroxylation sites is 3. The van der Waals surface area contributed by atoms with Crippen LogP contribution in [0.4, 0.5) is 5.69 Å². The Balaban J connectivity index is 1.48. The Morgan fingerprint density at radius 1 is 0.931 bits per heavy atom. The summed E-state index contributed by atoms with van der Waals surface area (Å²) in [4.78, 5) is 16.7. The molecule has 0 fully saturated rings. The van der Waals surface area contributed by atoms with Crippen molar-refractivity contribution in [1.29, 1.82) is 0 Å². The fraction of sp³-hybridized carbons (Fsp3) is 0.0476. The van der Waals surface area contributed by atoms with E-state index in [4.69, 9.17) is 4.74 Å². The SMILES string of the molecule is O=C(CN=C1NS(=O)(=O)c2ccccc21)Nc1ccccc1Oc1ccccc1. The molecule has 146 valence electrons. The van der Waals surface area contributed by atoms with Crippen molar-refractivity contribution in [2.24, 2.45) is 4.99 Å². The van der Waals surface area contributed by atoms with E-state index in [-0.39, 0.29) is 17.3 Å². The van der Waals surface area contributed by atoms with Crippen LogP contribution in [0.15, 0.2) is 88.8 Å². The maximum atomic E-state index is 12.4. The minimum atomic E-state index is -3.64. The second-order valence-corrected chi connectivity index (χ2v) is 7.88. The van der Waals surface area contributed by atoms with Crippen molar-refractivity contribution >= 4 is 27.5 Å². The summed E-state index contributed by atoms with van der Waals surface area (Å²) in [5, 5.41) is 2.75. The highest BCUT2D eigenvalue weighted by Gasteiger charge is 2.30. The molecule has 3 aromatic rings. The smallest absolute Gasteiger partial charge is 0.263 e. The summed E-state index contributed by atoms with van der Waals surface area (Å²) in [6.07, 6.45) is 0. The molecule has 0 atom stereocenters. The number of ether oxygens (including phenoxy) is 1. The average Bonchev–Trinajstić information content (AvgIpc) is 2.99. The maximum absolute atomic E-state index is 12.4. The van der Waals surface area contributed by atoms with E-state index in [0.717, 1.165) is 0 Å². The van der Waals surface area contributed by atoms with Crippen LogP contribution in [0.25, 0.3) is 0 Å². The Hall–Kier alpha value is -3.65. The van der Waals surface area contributed by atoms with Crippen LogP contribution < -0.4 is 14.8 Å². The van der Waals surface area contributed by atoms with E-state index >= 15 is 0 Å². The van der Waals surface area contributed by atoms with Gasteiger partial charge in [-0.15, -0.1) is 0 Å². The molecule has 0 aliphatic carbocycles. The summed E-state index contributed by atoms with van der Waals surface area (Å²) in [5.41, 5.74) is 0.946. The van der Waals surface area contributed by atoms with Crippen molar-refractivity contribution in [3.63, 3.8) is 0 Å². The van der Waals surface area contributed by atoms with E-state index in [9.17, 15) is 13.2 Å². The lowest BCUT2D eigenvalue weighted by molar-refractivity contribution is -0.114. The molecule has 3 aromatic carbocycles. The van der Waals surface area contributed by atoms with Crippen LogP contribution in [-0.2, 0) is 14.8 Å². The van der Waals surface area contributed by atoms with Gasteiger partial charge in [-0.2, -0.15) is 0 Å². The summed E-state index contributed by atoms with van der Waals surface area (Å²) in [7, 11) is -3.64. The molecular formula is C21H17N3O4S. The van der Waals surface area contributed by atoms with Gasteiger partial charge in [-0.1, -0.05) is 42.5 Å². The van der Waals surface area contributed by atoms with Gasteiger partial charge in [0.05, 0.1) is 10.6 Å².